The molecule has 1 rings (SSSR count). The Balaban J connectivity index is 2.69. The van der Waals surface area contributed by atoms with Crippen LogP contribution in [0.2, 0.25) is 0 Å². The van der Waals surface area contributed by atoms with Gasteiger partial charge >= 0.3 is 0 Å². The monoisotopic (exact) mass is 354 g/mol. The van der Waals surface area contributed by atoms with Gasteiger partial charge in [-0.25, -0.2) is 8.42 Å². The Labute approximate surface area is 146 Å². The molecule has 136 valence electrons. The smallest absolute Gasteiger partial charge is 0.191 e. The maximum absolute atomic E-state index is 11.7. The SMILES string of the molecule is CN=C(NCc1ccc(S(C)(=O)=O)c(C)c1)NCC(C)(C)N(C)C. The fourth-order valence-corrected chi connectivity index (χ4v) is 3.06. The molecule has 0 spiro atoms. The maximum atomic E-state index is 11.7. The Morgan fingerprint density at radius 2 is 1.88 bits per heavy atom. The number of likely N-dealkylation sites (N-methyl/N-ethyl adjacent to an activating group) is 1. The lowest BCUT2D eigenvalue weighted by molar-refractivity contribution is 0.197. The summed E-state index contributed by atoms with van der Waals surface area (Å²) in [7, 11) is 2.64. The Morgan fingerprint density at radius 3 is 2.33 bits per heavy atom. The lowest BCUT2D eigenvalue weighted by atomic mass is 10.0. The number of aliphatic imine (C=N–C) groups is 1. The van der Waals surface area contributed by atoms with Crippen molar-refractivity contribution in [2.24, 2.45) is 4.99 Å². The Kier molecular flexibility index (Phi) is 6.80. The van der Waals surface area contributed by atoms with Crippen molar-refractivity contribution in [3.8, 4) is 0 Å². The third kappa shape index (κ3) is 5.79. The van der Waals surface area contributed by atoms with Crippen LogP contribution in [-0.4, -0.2) is 58.8 Å². The summed E-state index contributed by atoms with van der Waals surface area (Å²) in [5, 5.41) is 6.57. The van der Waals surface area contributed by atoms with Crippen LogP contribution in [-0.2, 0) is 16.4 Å². The van der Waals surface area contributed by atoms with Gasteiger partial charge in [0.05, 0.1) is 4.90 Å². The van der Waals surface area contributed by atoms with Crippen LogP contribution in [0.15, 0.2) is 28.1 Å². The number of hydrogen-bond acceptors (Lipinski definition) is 4. The van der Waals surface area contributed by atoms with Gasteiger partial charge in [-0.2, -0.15) is 0 Å². The van der Waals surface area contributed by atoms with E-state index in [9.17, 15) is 8.42 Å². The molecule has 0 fully saturated rings. The van der Waals surface area contributed by atoms with Crippen LogP contribution < -0.4 is 10.6 Å². The lowest BCUT2D eigenvalue weighted by Crippen LogP contribution is -2.50. The molecule has 0 aliphatic rings. The van der Waals surface area contributed by atoms with Crippen molar-refractivity contribution < 1.29 is 8.42 Å². The molecule has 0 amide bonds. The molecule has 0 saturated carbocycles. The highest BCUT2D eigenvalue weighted by Gasteiger charge is 2.20. The van der Waals surface area contributed by atoms with Crippen LogP contribution in [0.4, 0.5) is 0 Å². The fraction of sp³-hybridized carbons (Fsp3) is 0.588. The number of benzene rings is 1. The summed E-state index contributed by atoms with van der Waals surface area (Å²) in [6, 6.07) is 5.38. The molecule has 0 heterocycles. The first-order chi connectivity index (χ1) is 11.0. The minimum atomic E-state index is -3.18. The number of sulfone groups is 1. The molecule has 6 nitrogen and oxygen atoms in total. The summed E-state index contributed by atoms with van der Waals surface area (Å²) < 4.78 is 23.3. The molecule has 0 aromatic heterocycles. The van der Waals surface area contributed by atoms with Crippen molar-refractivity contribution in [1.82, 2.24) is 15.5 Å². The zero-order chi connectivity index (χ0) is 18.5. The highest BCUT2D eigenvalue weighted by Crippen LogP contribution is 2.16. The quantitative estimate of drug-likeness (QED) is 0.597. The van der Waals surface area contributed by atoms with Crippen molar-refractivity contribution in [3.63, 3.8) is 0 Å². The first kappa shape index (κ1) is 20.4. The number of guanidine groups is 1. The Bertz CT molecular complexity index is 695. The van der Waals surface area contributed by atoms with Gasteiger partial charge in [0.25, 0.3) is 0 Å². The second-order valence-corrected chi connectivity index (χ2v) is 8.84. The zero-order valence-electron chi connectivity index (χ0n) is 15.8. The minimum Gasteiger partial charge on any atom is -0.355 e. The summed E-state index contributed by atoms with van der Waals surface area (Å²) in [6.07, 6.45) is 1.23. The molecule has 0 bridgehead atoms. The van der Waals surface area contributed by atoms with E-state index in [1.165, 1.54) is 6.26 Å². The number of rotatable bonds is 6. The molecule has 0 saturated heterocycles. The van der Waals surface area contributed by atoms with Gasteiger partial charge in [-0.3, -0.25) is 4.99 Å². The molecule has 0 unspecified atom stereocenters. The first-order valence-electron chi connectivity index (χ1n) is 7.89. The summed E-state index contributed by atoms with van der Waals surface area (Å²) in [4.78, 5) is 6.75. The van der Waals surface area contributed by atoms with Crippen molar-refractivity contribution in [3.05, 3.63) is 29.3 Å². The highest BCUT2D eigenvalue weighted by molar-refractivity contribution is 7.90. The van der Waals surface area contributed by atoms with Gasteiger partial charge in [0, 0.05) is 31.9 Å². The van der Waals surface area contributed by atoms with Gasteiger partial charge in [-0.15, -0.1) is 0 Å². The van der Waals surface area contributed by atoms with E-state index >= 15 is 0 Å². The standard InChI is InChI=1S/C17H30N4O2S/c1-13-10-14(8-9-15(13)24(7,22)23)11-19-16(18-4)20-12-17(2,3)21(5)6/h8-10H,11-12H2,1-7H3,(H2,18,19,20). The summed E-state index contributed by atoms with van der Waals surface area (Å²) >= 11 is 0. The van der Waals surface area contributed by atoms with Crippen molar-refractivity contribution >= 4 is 15.8 Å². The van der Waals surface area contributed by atoms with Crippen LogP contribution in [0.1, 0.15) is 25.0 Å². The average Bonchev–Trinajstić information content (AvgIpc) is 2.45. The van der Waals surface area contributed by atoms with Crippen LogP contribution in [0.3, 0.4) is 0 Å². The van der Waals surface area contributed by atoms with E-state index in [0.717, 1.165) is 23.6 Å². The topological polar surface area (TPSA) is 73.8 Å². The molecule has 0 radical (unpaired) electrons. The van der Waals surface area contributed by atoms with Crippen LogP contribution >= 0.6 is 0 Å². The molecular weight excluding hydrogens is 324 g/mol. The van der Waals surface area contributed by atoms with Gasteiger partial charge in [0.1, 0.15) is 0 Å². The molecule has 7 heteroatoms. The van der Waals surface area contributed by atoms with Crippen LogP contribution in [0.5, 0.6) is 0 Å². The Hall–Kier alpha value is -1.60. The van der Waals surface area contributed by atoms with Crippen LogP contribution in [0, 0.1) is 6.92 Å². The van der Waals surface area contributed by atoms with E-state index in [4.69, 9.17) is 0 Å². The maximum Gasteiger partial charge on any atom is 0.191 e. The van der Waals surface area contributed by atoms with Gasteiger partial charge in [-0.05, 0) is 52.1 Å². The molecular formula is C17H30N4O2S. The largest absolute Gasteiger partial charge is 0.355 e. The number of aryl methyl sites for hydroxylation is 1. The second-order valence-electron chi connectivity index (χ2n) is 6.86. The third-order valence-corrected chi connectivity index (χ3v) is 5.48. The van der Waals surface area contributed by atoms with E-state index < -0.39 is 9.84 Å². The van der Waals surface area contributed by atoms with E-state index in [-0.39, 0.29) is 5.54 Å². The molecule has 0 aliphatic carbocycles. The van der Waals surface area contributed by atoms with E-state index in [0.29, 0.717) is 11.4 Å². The summed E-state index contributed by atoms with van der Waals surface area (Å²) in [5.74, 6) is 0.717. The normalized spacial score (nSPS) is 13.2. The Morgan fingerprint density at radius 1 is 1.25 bits per heavy atom. The zero-order valence-corrected chi connectivity index (χ0v) is 16.6. The number of hydrogen-bond donors (Lipinski definition) is 2. The van der Waals surface area contributed by atoms with E-state index in [1.807, 2.05) is 33.2 Å². The average molecular weight is 355 g/mol. The lowest BCUT2D eigenvalue weighted by Gasteiger charge is -2.33. The molecule has 2 N–H and O–H groups in total. The summed E-state index contributed by atoms with van der Waals surface area (Å²) in [6.45, 7) is 7.45. The number of nitrogens with zero attached hydrogens (tertiary/aromatic N) is 2. The van der Waals surface area contributed by atoms with Gasteiger partial charge in [0.2, 0.25) is 0 Å². The molecule has 0 aliphatic heterocycles. The highest BCUT2D eigenvalue weighted by atomic mass is 32.2. The predicted molar refractivity (Wildman–Crippen MR) is 100 cm³/mol. The fourth-order valence-electron chi connectivity index (χ4n) is 2.10. The first-order valence-corrected chi connectivity index (χ1v) is 9.78. The summed E-state index contributed by atoms with van der Waals surface area (Å²) in [5.41, 5.74) is 1.77. The third-order valence-electron chi connectivity index (χ3n) is 4.22. The predicted octanol–water partition coefficient (Wildman–Crippen LogP) is 1.40. The van der Waals surface area contributed by atoms with Crippen molar-refractivity contribution in [2.75, 3.05) is 33.9 Å². The van der Waals surface area contributed by atoms with Crippen LogP contribution in [0.25, 0.3) is 0 Å². The molecule has 24 heavy (non-hydrogen) atoms. The number of nitrogens with one attached hydrogen (secondary N) is 2. The molecule has 1 aromatic rings. The second kappa shape index (κ2) is 7.98. The van der Waals surface area contributed by atoms with Gasteiger partial charge in [0.15, 0.2) is 15.8 Å². The minimum absolute atomic E-state index is 0.00530. The van der Waals surface area contributed by atoms with Gasteiger partial charge < -0.3 is 15.5 Å². The van der Waals surface area contributed by atoms with Gasteiger partial charge in [-0.1, -0.05) is 12.1 Å². The van der Waals surface area contributed by atoms with Crippen molar-refractivity contribution in [1.29, 1.82) is 0 Å². The van der Waals surface area contributed by atoms with Crippen molar-refractivity contribution in [2.45, 2.75) is 37.8 Å². The molecule has 0 atom stereocenters. The molecule has 1 aromatic carbocycles. The van der Waals surface area contributed by atoms with E-state index in [1.54, 1.807) is 13.1 Å². The van der Waals surface area contributed by atoms with E-state index in [2.05, 4.69) is 34.4 Å².